The smallest absolute Gasteiger partial charge is 0.181 e. The zero-order valence-corrected chi connectivity index (χ0v) is 9.57. The van der Waals surface area contributed by atoms with Crippen LogP contribution in [-0.2, 0) is 6.54 Å². The topological polar surface area (TPSA) is 34.0 Å². The van der Waals surface area contributed by atoms with Gasteiger partial charge in [-0.05, 0) is 19.4 Å². The monoisotopic (exact) mass is 208 g/mol. The largest absolute Gasteiger partial charge is 0.352 e. The normalized spacial score (nSPS) is 12.7. The van der Waals surface area contributed by atoms with Crippen LogP contribution in [0.15, 0.2) is 29.3 Å². The maximum absolute atomic E-state index is 10.9. The molecule has 3 heteroatoms. The summed E-state index contributed by atoms with van der Waals surface area (Å²) in [6, 6.07) is 3.70. The van der Waals surface area contributed by atoms with Crippen LogP contribution in [0.4, 0.5) is 0 Å². The van der Waals surface area contributed by atoms with Crippen LogP contribution in [0.3, 0.4) is 0 Å². The summed E-state index contributed by atoms with van der Waals surface area (Å²) in [6.45, 7) is 6.32. The number of hydrogen-bond acceptors (Lipinski definition) is 2. The second-order valence-corrected chi connectivity index (χ2v) is 3.79. The highest BCUT2D eigenvalue weighted by atomic mass is 16.1. The Morgan fingerprint density at radius 1 is 1.33 bits per heavy atom. The number of nitrogens with one attached hydrogen (secondary N) is 1. The molecule has 15 heavy (non-hydrogen) atoms. The Labute approximate surface area is 91.1 Å². The molecule has 0 aliphatic rings. The lowest BCUT2D eigenvalue weighted by Gasteiger charge is -2.18. The van der Waals surface area contributed by atoms with Crippen LogP contribution in [0.5, 0.6) is 0 Å². The molecule has 1 aromatic heterocycles. The van der Waals surface area contributed by atoms with Crippen molar-refractivity contribution in [3.63, 3.8) is 0 Å². The summed E-state index contributed by atoms with van der Waals surface area (Å²) in [6.07, 6.45) is 5.95. The summed E-state index contributed by atoms with van der Waals surface area (Å²) in [7, 11) is 0. The molecule has 3 nitrogen and oxygen atoms in total. The van der Waals surface area contributed by atoms with Crippen molar-refractivity contribution in [2.45, 2.75) is 39.3 Å². The van der Waals surface area contributed by atoms with Gasteiger partial charge in [-0.2, -0.15) is 0 Å². The molecule has 0 aliphatic carbocycles. The van der Waals surface area contributed by atoms with Gasteiger partial charge in [-0.3, -0.25) is 4.79 Å². The highest BCUT2D eigenvalue weighted by molar-refractivity contribution is 4.94. The molecule has 0 radical (unpaired) electrons. The molecule has 84 valence electrons. The van der Waals surface area contributed by atoms with E-state index in [-0.39, 0.29) is 5.43 Å². The van der Waals surface area contributed by atoms with Crippen molar-refractivity contribution in [3.05, 3.63) is 34.7 Å². The molecular formula is C12H20N2O. The van der Waals surface area contributed by atoms with Gasteiger partial charge < -0.3 is 9.88 Å². The fourth-order valence-corrected chi connectivity index (χ4v) is 1.51. The Balaban J connectivity index is 2.50. The average molecular weight is 208 g/mol. The maximum atomic E-state index is 10.9. The zero-order chi connectivity index (χ0) is 11.1. The van der Waals surface area contributed by atoms with Gasteiger partial charge >= 0.3 is 0 Å². The van der Waals surface area contributed by atoms with Crippen molar-refractivity contribution in [1.29, 1.82) is 0 Å². The molecule has 0 aliphatic heterocycles. The molecule has 0 saturated carbocycles. The molecule has 0 aromatic carbocycles. The van der Waals surface area contributed by atoms with Crippen LogP contribution in [0, 0.1) is 0 Å². The maximum Gasteiger partial charge on any atom is 0.181 e. The lowest BCUT2D eigenvalue weighted by molar-refractivity contribution is 0.436. The van der Waals surface area contributed by atoms with Crippen molar-refractivity contribution in [1.82, 2.24) is 9.88 Å². The second kappa shape index (κ2) is 6.40. The third-order valence-electron chi connectivity index (χ3n) is 2.47. The van der Waals surface area contributed by atoms with E-state index in [9.17, 15) is 4.79 Å². The van der Waals surface area contributed by atoms with E-state index < -0.39 is 0 Å². The number of aromatic nitrogens is 1. The van der Waals surface area contributed by atoms with Crippen molar-refractivity contribution in [2.75, 3.05) is 6.54 Å². The summed E-state index contributed by atoms with van der Waals surface area (Å²) in [5.74, 6) is 0. The van der Waals surface area contributed by atoms with Crippen molar-refractivity contribution in [3.8, 4) is 0 Å². The fraction of sp³-hybridized carbons (Fsp3) is 0.583. The first kappa shape index (κ1) is 12.0. The Hall–Kier alpha value is -1.09. The number of rotatable bonds is 6. The van der Waals surface area contributed by atoms with Crippen LogP contribution in [-0.4, -0.2) is 17.2 Å². The summed E-state index contributed by atoms with van der Waals surface area (Å²) in [5, 5.41) is 3.48. The van der Waals surface area contributed by atoms with E-state index in [1.165, 1.54) is 0 Å². The van der Waals surface area contributed by atoms with Gasteiger partial charge in [0.2, 0.25) is 0 Å². The van der Waals surface area contributed by atoms with Crippen LogP contribution < -0.4 is 10.7 Å². The predicted molar refractivity (Wildman–Crippen MR) is 63.1 cm³/mol. The van der Waals surface area contributed by atoms with E-state index in [2.05, 4.69) is 23.7 Å². The van der Waals surface area contributed by atoms with Crippen LogP contribution in [0.1, 0.15) is 26.7 Å². The van der Waals surface area contributed by atoms with Gasteiger partial charge in [-0.15, -0.1) is 0 Å². The van der Waals surface area contributed by atoms with E-state index in [0.29, 0.717) is 6.04 Å². The molecule has 1 unspecified atom stereocenters. The van der Waals surface area contributed by atoms with E-state index in [4.69, 9.17) is 0 Å². The van der Waals surface area contributed by atoms with E-state index in [1.807, 2.05) is 12.4 Å². The quantitative estimate of drug-likeness (QED) is 0.771. The molecule has 0 fully saturated rings. The van der Waals surface area contributed by atoms with E-state index >= 15 is 0 Å². The molecule has 1 rings (SSSR count). The molecule has 0 saturated heterocycles. The van der Waals surface area contributed by atoms with Gasteiger partial charge in [0.15, 0.2) is 5.43 Å². The summed E-state index contributed by atoms with van der Waals surface area (Å²) in [4.78, 5) is 10.9. The standard InChI is InChI=1S/C12H20N2O/c1-3-7-13-11(4-2)10-14-8-5-12(15)6-9-14/h5-6,8-9,11,13H,3-4,7,10H2,1-2H3. The third-order valence-corrected chi connectivity index (χ3v) is 2.47. The molecule has 1 N–H and O–H groups in total. The molecule has 0 spiro atoms. The number of pyridine rings is 1. The van der Waals surface area contributed by atoms with Crippen LogP contribution in [0.2, 0.25) is 0 Å². The molecule has 0 amide bonds. The van der Waals surface area contributed by atoms with Crippen molar-refractivity contribution in [2.24, 2.45) is 0 Å². The van der Waals surface area contributed by atoms with Gasteiger partial charge in [0.1, 0.15) is 0 Å². The van der Waals surface area contributed by atoms with Crippen molar-refractivity contribution < 1.29 is 0 Å². The second-order valence-electron chi connectivity index (χ2n) is 3.79. The zero-order valence-electron chi connectivity index (χ0n) is 9.57. The summed E-state index contributed by atoms with van der Waals surface area (Å²) < 4.78 is 2.05. The number of hydrogen-bond donors (Lipinski definition) is 1. The lowest BCUT2D eigenvalue weighted by atomic mass is 10.2. The first-order chi connectivity index (χ1) is 7.26. The molecule has 1 aromatic rings. The Morgan fingerprint density at radius 2 is 2.00 bits per heavy atom. The highest BCUT2D eigenvalue weighted by Crippen LogP contribution is 1.96. The van der Waals surface area contributed by atoms with Gasteiger partial charge in [-0.1, -0.05) is 13.8 Å². The van der Waals surface area contributed by atoms with Gasteiger partial charge in [0.05, 0.1) is 0 Å². The predicted octanol–water partition coefficient (Wildman–Crippen LogP) is 1.63. The number of nitrogens with zero attached hydrogens (tertiary/aromatic N) is 1. The minimum Gasteiger partial charge on any atom is -0.352 e. The molecule has 0 bridgehead atoms. The Morgan fingerprint density at radius 3 is 2.53 bits per heavy atom. The first-order valence-electron chi connectivity index (χ1n) is 5.65. The molecule has 1 heterocycles. The highest BCUT2D eigenvalue weighted by Gasteiger charge is 2.04. The molecule has 1 atom stereocenters. The first-order valence-corrected chi connectivity index (χ1v) is 5.65. The van der Waals surface area contributed by atoms with Crippen molar-refractivity contribution >= 4 is 0 Å². The summed E-state index contributed by atoms with van der Waals surface area (Å²) in [5.41, 5.74) is 0.0702. The minimum absolute atomic E-state index is 0.0702. The third kappa shape index (κ3) is 4.30. The van der Waals surface area contributed by atoms with Gasteiger partial charge in [0, 0.05) is 37.1 Å². The van der Waals surface area contributed by atoms with E-state index in [0.717, 1.165) is 25.9 Å². The van der Waals surface area contributed by atoms with E-state index in [1.54, 1.807) is 12.1 Å². The fourth-order valence-electron chi connectivity index (χ4n) is 1.51. The SMILES string of the molecule is CCCNC(CC)Cn1ccc(=O)cc1. The van der Waals surface area contributed by atoms with Gasteiger partial charge in [-0.25, -0.2) is 0 Å². The minimum atomic E-state index is 0.0702. The molecular weight excluding hydrogens is 188 g/mol. The lowest BCUT2D eigenvalue weighted by Crippen LogP contribution is -2.33. The average Bonchev–Trinajstić information content (AvgIpc) is 2.27. The Bertz CT molecular complexity index is 312. The van der Waals surface area contributed by atoms with Crippen LogP contribution in [0.25, 0.3) is 0 Å². The van der Waals surface area contributed by atoms with Crippen LogP contribution >= 0.6 is 0 Å². The summed E-state index contributed by atoms with van der Waals surface area (Å²) >= 11 is 0. The Kier molecular flexibility index (Phi) is 5.12. The van der Waals surface area contributed by atoms with Gasteiger partial charge in [0.25, 0.3) is 0 Å².